The standard InChI is InChI=1S/C23H18N4O6/c1-30-23(29)15-5-2-3-6-16(15)24-20(28)12-27-10-4-7-17(27)22-25-21(26-33-22)14-8-9-18-19(11-14)32-13-31-18/h2-11H,12-13H2,1H3,(H,24,28). The largest absolute Gasteiger partial charge is 0.465 e. The van der Waals surface area contributed by atoms with Crippen molar-refractivity contribution in [3.8, 4) is 34.5 Å². The molecule has 1 aliphatic rings. The first kappa shape index (κ1) is 20.3. The van der Waals surface area contributed by atoms with E-state index in [4.69, 9.17) is 18.7 Å². The van der Waals surface area contributed by atoms with Crippen LogP contribution in [0.3, 0.4) is 0 Å². The lowest BCUT2D eigenvalue weighted by molar-refractivity contribution is -0.116. The van der Waals surface area contributed by atoms with E-state index in [1.807, 2.05) is 6.07 Å². The van der Waals surface area contributed by atoms with Crippen molar-refractivity contribution in [3.05, 3.63) is 66.4 Å². The number of fused-ring (bicyclic) bond motifs is 1. The minimum absolute atomic E-state index is 0.0282. The predicted octanol–water partition coefficient (Wildman–Crippen LogP) is 3.36. The summed E-state index contributed by atoms with van der Waals surface area (Å²) in [5.41, 5.74) is 1.92. The Morgan fingerprint density at radius 3 is 2.82 bits per heavy atom. The number of esters is 1. The lowest BCUT2D eigenvalue weighted by Crippen LogP contribution is -2.20. The number of ether oxygens (including phenoxy) is 3. The molecule has 0 saturated heterocycles. The lowest BCUT2D eigenvalue weighted by atomic mass is 10.2. The topological polar surface area (TPSA) is 118 Å². The van der Waals surface area contributed by atoms with Crippen molar-refractivity contribution in [2.75, 3.05) is 19.2 Å². The molecule has 0 bridgehead atoms. The molecule has 33 heavy (non-hydrogen) atoms. The first-order valence-corrected chi connectivity index (χ1v) is 9.99. The van der Waals surface area contributed by atoms with E-state index in [2.05, 4.69) is 15.5 Å². The fourth-order valence-corrected chi connectivity index (χ4v) is 3.45. The van der Waals surface area contributed by atoms with Gasteiger partial charge in [-0.05, 0) is 42.5 Å². The van der Waals surface area contributed by atoms with E-state index in [0.717, 1.165) is 0 Å². The molecule has 10 nitrogen and oxygen atoms in total. The van der Waals surface area contributed by atoms with Gasteiger partial charge in [0.1, 0.15) is 12.2 Å². The third-order valence-corrected chi connectivity index (χ3v) is 5.03. The van der Waals surface area contributed by atoms with Crippen molar-refractivity contribution >= 4 is 17.6 Å². The monoisotopic (exact) mass is 446 g/mol. The van der Waals surface area contributed by atoms with Gasteiger partial charge in [-0.15, -0.1) is 0 Å². The molecule has 10 heteroatoms. The van der Waals surface area contributed by atoms with E-state index < -0.39 is 5.97 Å². The zero-order valence-corrected chi connectivity index (χ0v) is 17.5. The van der Waals surface area contributed by atoms with Crippen LogP contribution in [0.15, 0.2) is 65.3 Å². The predicted molar refractivity (Wildman–Crippen MR) is 116 cm³/mol. The first-order valence-electron chi connectivity index (χ1n) is 9.99. The Labute approximate surface area is 187 Å². The highest BCUT2D eigenvalue weighted by Crippen LogP contribution is 2.35. The number of rotatable bonds is 6. The van der Waals surface area contributed by atoms with Gasteiger partial charge in [0.15, 0.2) is 11.5 Å². The van der Waals surface area contributed by atoms with Crippen LogP contribution in [0.4, 0.5) is 5.69 Å². The number of carbonyl (C=O) groups is 2. The molecule has 0 spiro atoms. The SMILES string of the molecule is COC(=O)c1ccccc1NC(=O)Cn1cccc1-c1nc(-c2ccc3c(c2)OCO3)no1. The Balaban J connectivity index is 1.34. The fraction of sp³-hybridized carbons (Fsp3) is 0.130. The second-order valence-corrected chi connectivity index (χ2v) is 7.10. The van der Waals surface area contributed by atoms with Crippen molar-refractivity contribution in [1.82, 2.24) is 14.7 Å². The first-order chi connectivity index (χ1) is 16.1. The van der Waals surface area contributed by atoms with E-state index in [9.17, 15) is 9.59 Å². The fourth-order valence-electron chi connectivity index (χ4n) is 3.45. The van der Waals surface area contributed by atoms with Gasteiger partial charge in [0.2, 0.25) is 18.5 Å². The van der Waals surface area contributed by atoms with Crippen LogP contribution in [0.1, 0.15) is 10.4 Å². The van der Waals surface area contributed by atoms with Crippen LogP contribution in [0.5, 0.6) is 11.5 Å². The normalized spacial score (nSPS) is 11.9. The molecular weight excluding hydrogens is 428 g/mol. The molecule has 2 aromatic heterocycles. The van der Waals surface area contributed by atoms with Gasteiger partial charge in [-0.2, -0.15) is 4.98 Å². The minimum Gasteiger partial charge on any atom is -0.465 e. The number of methoxy groups -OCH3 is 1. The molecule has 1 aliphatic heterocycles. The molecule has 0 saturated carbocycles. The molecule has 5 rings (SSSR count). The van der Waals surface area contributed by atoms with Gasteiger partial charge in [0, 0.05) is 11.8 Å². The summed E-state index contributed by atoms with van der Waals surface area (Å²) in [6.07, 6.45) is 1.73. The summed E-state index contributed by atoms with van der Waals surface area (Å²) in [4.78, 5) is 29.1. The van der Waals surface area contributed by atoms with Crippen molar-refractivity contribution in [1.29, 1.82) is 0 Å². The maximum atomic E-state index is 12.7. The Morgan fingerprint density at radius 1 is 1.09 bits per heavy atom. The van der Waals surface area contributed by atoms with Gasteiger partial charge < -0.3 is 28.6 Å². The molecule has 0 unspecified atom stereocenters. The molecule has 1 amide bonds. The van der Waals surface area contributed by atoms with Crippen LogP contribution < -0.4 is 14.8 Å². The zero-order chi connectivity index (χ0) is 22.8. The average Bonchev–Trinajstić information content (AvgIpc) is 3.58. The van der Waals surface area contributed by atoms with Crippen molar-refractivity contribution in [2.24, 2.45) is 0 Å². The highest BCUT2D eigenvalue weighted by molar-refractivity contribution is 6.01. The number of para-hydroxylation sites is 1. The summed E-state index contributed by atoms with van der Waals surface area (Å²) in [5.74, 6) is 1.05. The zero-order valence-electron chi connectivity index (χ0n) is 17.5. The summed E-state index contributed by atoms with van der Waals surface area (Å²) in [7, 11) is 1.29. The third kappa shape index (κ3) is 4.01. The van der Waals surface area contributed by atoms with Gasteiger partial charge in [-0.1, -0.05) is 17.3 Å². The number of hydrogen-bond acceptors (Lipinski definition) is 8. The van der Waals surface area contributed by atoms with Crippen molar-refractivity contribution < 1.29 is 28.3 Å². The number of hydrogen-bond donors (Lipinski definition) is 1. The van der Waals surface area contributed by atoms with Crippen LogP contribution in [-0.4, -0.2) is 40.5 Å². The van der Waals surface area contributed by atoms with E-state index in [-0.39, 0.29) is 30.7 Å². The van der Waals surface area contributed by atoms with E-state index in [1.54, 1.807) is 59.3 Å². The van der Waals surface area contributed by atoms with Crippen LogP contribution in [0.25, 0.3) is 23.0 Å². The van der Waals surface area contributed by atoms with Crippen LogP contribution >= 0.6 is 0 Å². The molecule has 1 N–H and O–H groups in total. The van der Waals surface area contributed by atoms with E-state index >= 15 is 0 Å². The Morgan fingerprint density at radius 2 is 1.94 bits per heavy atom. The number of nitrogens with one attached hydrogen (secondary N) is 1. The van der Waals surface area contributed by atoms with E-state index in [0.29, 0.717) is 34.3 Å². The minimum atomic E-state index is -0.533. The lowest BCUT2D eigenvalue weighted by Gasteiger charge is -2.11. The molecule has 2 aromatic carbocycles. The molecule has 3 heterocycles. The molecule has 0 atom stereocenters. The Kier molecular flexibility index (Phi) is 5.23. The molecule has 0 fully saturated rings. The van der Waals surface area contributed by atoms with Crippen molar-refractivity contribution in [3.63, 3.8) is 0 Å². The second kappa shape index (κ2) is 8.50. The summed E-state index contributed by atoms with van der Waals surface area (Å²) in [6, 6.07) is 15.6. The number of nitrogens with zero attached hydrogens (tertiary/aromatic N) is 3. The van der Waals surface area contributed by atoms with Crippen molar-refractivity contribution in [2.45, 2.75) is 6.54 Å². The molecule has 4 aromatic rings. The summed E-state index contributed by atoms with van der Waals surface area (Å²) < 4.78 is 22.6. The number of amides is 1. The highest BCUT2D eigenvalue weighted by Gasteiger charge is 2.19. The number of benzene rings is 2. The van der Waals surface area contributed by atoms with Gasteiger partial charge in [0.05, 0.1) is 18.4 Å². The Bertz CT molecular complexity index is 1340. The maximum Gasteiger partial charge on any atom is 0.339 e. The van der Waals surface area contributed by atoms with Gasteiger partial charge in [-0.25, -0.2) is 4.79 Å². The Hall–Kier alpha value is -4.60. The van der Waals surface area contributed by atoms with Gasteiger partial charge in [0.25, 0.3) is 5.89 Å². The molecule has 0 radical (unpaired) electrons. The summed E-state index contributed by atoms with van der Waals surface area (Å²) >= 11 is 0. The quantitative estimate of drug-likeness (QED) is 0.448. The number of anilines is 1. The maximum absolute atomic E-state index is 12.7. The summed E-state index contributed by atoms with van der Waals surface area (Å²) in [5, 5.41) is 6.79. The average molecular weight is 446 g/mol. The van der Waals surface area contributed by atoms with E-state index in [1.165, 1.54) is 7.11 Å². The van der Waals surface area contributed by atoms with Gasteiger partial charge in [-0.3, -0.25) is 4.79 Å². The third-order valence-electron chi connectivity index (χ3n) is 5.03. The highest BCUT2D eigenvalue weighted by atomic mass is 16.7. The molecular formula is C23H18N4O6. The number of carbonyl (C=O) groups excluding carboxylic acids is 2. The smallest absolute Gasteiger partial charge is 0.339 e. The van der Waals surface area contributed by atoms with Crippen LogP contribution in [-0.2, 0) is 16.1 Å². The second-order valence-electron chi connectivity index (χ2n) is 7.10. The molecule has 166 valence electrons. The molecule has 0 aliphatic carbocycles. The van der Waals surface area contributed by atoms with Crippen LogP contribution in [0.2, 0.25) is 0 Å². The summed E-state index contributed by atoms with van der Waals surface area (Å²) in [6.45, 7) is 0.148. The van der Waals surface area contributed by atoms with Crippen LogP contribution in [0, 0.1) is 0 Å². The number of aromatic nitrogens is 3. The van der Waals surface area contributed by atoms with Gasteiger partial charge >= 0.3 is 5.97 Å².